The molecule has 2 aliphatic heterocycles. The van der Waals surface area contributed by atoms with Crippen molar-refractivity contribution in [1.82, 2.24) is 25.8 Å². The van der Waals surface area contributed by atoms with Crippen LogP contribution in [0.5, 0.6) is 0 Å². The highest BCUT2D eigenvalue weighted by atomic mass is 16.1. The summed E-state index contributed by atoms with van der Waals surface area (Å²) in [5, 5.41) is 16.7. The molecule has 4 heterocycles. The Morgan fingerprint density at radius 3 is 2.58 bits per heavy atom. The first-order valence-electron chi connectivity index (χ1n) is 13.5. The number of carbonyl (C=O) groups excluding carboxylic acids is 1. The number of anilines is 3. The molecule has 1 aromatic carbocycles. The highest BCUT2D eigenvalue weighted by Crippen LogP contribution is 2.25. The van der Waals surface area contributed by atoms with Crippen LogP contribution in [0.25, 0.3) is 0 Å². The van der Waals surface area contributed by atoms with Gasteiger partial charge in [-0.25, -0.2) is 10.1 Å². The Balaban J connectivity index is 1.23. The summed E-state index contributed by atoms with van der Waals surface area (Å²) < 4.78 is 0. The van der Waals surface area contributed by atoms with Crippen LogP contribution in [-0.4, -0.2) is 46.8 Å². The molecule has 0 saturated carbocycles. The lowest BCUT2D eigenvalue weighted by Crippen LogP contribution is -2.48. The van der Waals surface area contributed by atoms with Crippen LogP contribution in [0.3, 0.4) is 0 Å². The summed E-state index contributed by atoms with van der Waals surface area (Å²) in [6.45, 7) is 8.92. The third kappa shape index (κ3) is 6.05. The van der Waals surface area contributed by atoms with Gasteiger partial charge in [-0.05, 0) is 67.0 Å². The molecule has 0 spiro atoms. The summed E-state index contributed by atoms with van der Waals surface area (Å²) in [5.74, 6) is 1.19. The van der Waals surface area contributed by atoms with E-state index in [4.69, 9.17) is 0 Å². The Morgan fingerprint density at radius 1 is 1.08 bits per heavy atom. The smallest absolute Gasteiger partial charge is 0.288 e. The Hall–Kier alpha value is -3.72. The number of hydrogen-bond acceptors (Lipinski definition) is 7. The van der Waals surface area contributed by atoms with Gasteiger partial charge in [-0.3, -0.25) is 9.59 Å². The molecule has 2 atom stereocenters. The van der Waals surface area contributed by atoms with Crippen molar-refractivity contribution in [2.24, 2.45) is 0 Å². The minimum Gasteiger partial charge on any atom is -0.353 e. The number of piperidine rings is 1. The number of rotatable bonds is 6. The van der Waals surface area contributed by atoms with Crippen LogP contribution in [0, 0.1) is 0 Å². The molecule has 2 aliphatic rings. The maximum absolute atomic E-state index is 12.9. The Bertz CT molecular complexity index is 1310. The van der Waals surface area contributed by atoms with Crippen molar-refractivity contribution in [3.05, 3.63) is 75.7 Å². The molecule has 38 heavy (non-hydrogen) atoms. The van der Waals surface area contributed by atoms with Gasteiger partial charge in [0.1, 0.15) is 11.5 Å². The van der Waals surface area contributed by atoms with E-state index in [1.807, 2.05) is 42.6 Å². The van der Waals surface area contributed by atoms with Crippen molar-refractivity contribution < 1.29 is 4.79 Å². The molecule has 2 unspecified atom stereocenters. The van der Waals surface area contributed by atoms with Gasteiger partial charge in [0.2, 0.25) is 0 Å². The van der Waals surface area contributed by atoms with Gasteiger partial charge in [0, 0.05) is 43.0 Å². The summed E-state index contributed by atoms with van der Waals surface area (Å²) in [7, 11) is 0. The van der Waals surface area contributed by atoms with E-state index in [0.717, 1.165) is 37.9 Å². The number of aromatic nitrogens is 3. The van der Waals surface area contributed by atoms with Gasteiger partial charge >= 0.3 is 0 Å². The maximum atomic E-state index is 12.9. The Kier molecular flexibility index (Phi) is 7.46. The SMILES string of the molecule is CC(C)(C)c1ccc(C(=O)NC2CCCN(c3cc(Nc4ccc(C5CCCN5)cn4)c(=O)[nH]n3)C2)cc1. The van der Waals surface area contributed by atoms with Crippen LogP contribution in [0.1, 0.15) is 74.0 Å². The van der Waals surface area contributed by atoms with Crippen molar-refractivity contribution in [2.75, 3.05) is 29.9 Å². The van der Waals surface area contributed by atoms with Gasteiger partial charge in [-0.1, -0.05) is 39.0 Å². The fraction of sp³-hybridized carbons (Fsp3) is 0.448. The fourth-order valence-electron chi connectivity index (χ4n) is 5.14. The number of carbonyl (C=O) groups is 1. The lowest BCUT2D eigenvalue weighted by atomic mass is 9.86. The summed E-state index contributed by atoms with van der Waals surface area (Å²) in [6.07, 6.45) is 5.95. The predicted molar refractivity (Wildman–Crippen MR) is 150 cm³/mol. The van der Waals surface area contributed by atoms with Gasteiger partial charge in [0.25, 0.3) is 11.5 Å². The minimum absolute atomic E-state index is 0.0120. The molecular weight excluding hydrogens is 478 g/mol. The highest BCUT2D eigenvalue weighted by Gasteiger charge is 2.24. The van der Waals surface area contributed by atoms with Gasteiger partial charge in [-0.15, -0.1) is 0 Å². The van der Waals surface area contributed by atoms with E-state index in [1.165, 1.54) is 12.0 Å². The number of amides is 1. The lowest BCUT2D eigenvalue weighted by Gasteiger charge is -2.34. The van der Waals surface area contributed by atoms with Crippen LogP contribution < -0.4 is 26.4 Å². The van der Waals surface area contributed by atoms with Crippen LogP contribution in [0.2, 0.25) is 0 Å². The average Bonchev–Trinajstić information content (AvgIpc) is 3.45. The lowest BCUT2D eigenvalue weighted by molar-refractivity contribution is 0.0933. The van der Waals surface area contributed by atoms with Crippen molar-refractivity contribution in [2.45, 2.75) is 64.0 Å². The first-order chi connectivity index (χ1) is 18.3. The molecule has 9 heteroatoms. The summed E-state index contributed by atoms with van der Waals surface area (Å²) in [6, 6.07) is 13.9. The van der Waals surface area contributed by atoms with E-state index in [1.54, 1.807) is 6.07 Å². The third-order valence-corrected chi connectivity index (χ3v) is 7.40. The van der Waals surface area contributed by atoms with Crippen molar-refractivity contribution in [1.29, 1.82) is 0 Å². The molecule has 0 radical (unpaired) electrons. The predicted octanol–water partition coefficient (Wildman–Crippen LogP) is 4.03. The highest BCUT2D eigenvalue weighted by molar-refractivity contribution is 5.94. The molecule has 5 rings (SSSR count). The van der Waals surface area contributed by atoms with E-state index < -0.39 is 0 Å². The van der Waals surface area contributed by atoms with Gasteiger partial charge < -0.3 is 20.9 Å². The van der Waals surface area contributed by atoms with Crippen LogP contribution in [-0.2, 0) is 5.41 Å². The van der Waals surface area contributed by atoms with E-state index in [-0.39, 0.29) is 22.9 Å². The third-order valence-electron chi connectivity index (χ3n) is 7.40. The summed E-state index contributed by atoms with van der Waals surface area (Å²) in [4.78, 5) is 32.0. The van der Waals surface area contributed by atoms with Gasteiger partial charge in [0.05, 0.1) is 0 Å². The standard InChI is InChI=1S/C29H37N7O2/c1-29(2,3)21-11-8-19(9-12-21)27(37)32-22-6-5-15-36(18-22)26-16-24(28(38)35-34-26)33-25-13-10-20(17-31-25)23-7-4-14-30-23/h8-13,16-17,22-23,30H,4-7,14-15,18H2,1-3H3,(H,32,37)(H,35,38)(H,31,33,34). The van der Waals surface area contributed by atoms with Crippen LogP contribution in [0.15, 0.2) is 53.5 Å². The second kappa shape index (κ2) is 10.9. The molecule has 9 nitrogen and oxygen atoms in total. The zero-order valence-corrected chi connectivity index (χ0v) is 22.4. The van der Waals surface area contributed by atoms with Gasteiger partial charge in [-0.2, -0.15) is 5.10 Å². The van der Waals surface area contributed by atoms with E-state index in [2.05, 4.69) is 56.8 Å². The number of benzene rings is 1. The van der Waals surface area contributed by atoms with Crippen LogP contribution in [0.4, 0.5) is 17.3 Å². The molecule has 4 N–H and O–H groups in total. The van der Waals surface area contributed by atoms with Crippen molar-refractivity contribution in [3.8, 4) is 0 Å². The summed E-state index contributed by atoms with van der Waals surface area (Å²) >= 11 is 0. The number of aromatic amines is 1. The van der Waals surface area contributed by atoms with Gasteiger partial charge in [0.15, 0.2) is 5.82 Å². The molecule has 200 valence electrons. The zero-order valence-electron chi connectivity index (χ0n) is 22.4. The molecule has 1 amide bonds. The number of hydrogen-bond donors (Lipinski definition) is 4. The first-order valence-corrected chi connectivity index (χ1v) is 13.5. The topological polar surface area (TPSA) is 115 Å². The maximum Gasteiger partial charge on any atom is 0.288 e. The molecular formula is C29H37N7O2. The monoisotopic (exact) mass is 515 g/mol. The second-order valence-electron chi connectivity index (χ2n) is 11.3. The molecule has 2 aromatic heterocycles. The molecule has 0 aliphatic carbocycles. The van der Waals surface area contributed by atoms with Crippen molar-refractivity contribution in [3.63, 3.8) is 0 Å². The zero-order chi connectivity index (χ0) is 26.7. The van der Waals surface area contributed by atoms with Crippen molar-refractivity contribution >= 4 is 23.2 Å². The number of pyridine rings is 1. The quantitative estimate of drug-likeness (QED) is 0.392. The molecule has 3 aromatic rings. The summed E-state index contributed by atoms with van der Waals surface area (Å²) in [5.41, 5.74) is 3.14. The van der Waals surface area contributed by atoms with E-state index in [0.29, 0.717) is 35.5 Å². The van der Waals surface area contributed by atoms with E-state index in [9.17, 15) is 9.59 Å². The number of nitrogens with zero attached hydrogens (tertiary/aromatic N) is 3. The number of nitrogens with one attached hydrogen (secondary N) is 4. The molecule has 2 fully saturated rings. The molecule has 0 bridgehead atoms. The average molecular weight is 516 g/mol. The largest absolute Gasteiger partial charge is 0.353 e. The second-order valence-corrected chi connectivity index (χ2v) is 11.3. The minimum atomic E-state index is -0.308. The van der Waals surface area contributed by atoms with Crippen LogP contribution >= 0.6 is 0 Å². The Labute approximate surface area is 223 Å². The van der Waals surface area contributed by atoms with E-state index >= 15 is 0 Å². The Morgan fingerprint density at radius 2 is 1.89 bits per heavy atom. The molecule has 2 saturated heterocycles. The normalized spacial score (nSPS) is 19.8. The first kappa shape index (κ1) is 25.9. The fourth-order valence-corrected chi connectivity index (χ4v) is 5.14. The number of H-pyrrole nitrogens is 1.